The fraction of sp³-hybridized carbons (Fsp3) is 0.125. The quantitative estimate of drug-likeness (QED) is 0.320. The average Bonchev–Trinajstić information content (AvgIpc) is 3.12. The minimum atomic E-state index is -2.49. The highest BCUT2D eigenvalue weighted by Crippen LogP contribution is 2.30. The number of nitrogens with zero attached hydrogens (tertiary/aromatic N) is 4. The van der Waals surface area contributed by atoms with Gasteiger partial charge in [0.2, 0.25) is 11.9 Å². The van der Waals surface area contributed by atoms with E-state index >= 15 is 0 Å². The third kappa shape index (κ3) is 5.50. The lowest BCUT2D eigenvalue weighted by molar-refractivity contribution is -0.111. The van der Waals surface area contributed by atoms with Gasteiger partial charge in [0.15, 0.2) is 11.6 Å². The van der Waals surface area contributed by atoms with Crippen molar-refractivity contribution in [1.82, 2.24) is 14.5 Å². The van der Waals surface area contributed by atoms with Crippen LogP contribution in [0.4, 0.5) is 27.4 Å². The lowest BCUT2D eigenvalue weighted by Gasteiger charge is -2.11. The van der Waals surface area contributed by atoms with Crippen molar-refractivity contribution in [2.75, 3.05) is 23.1 Å². The van der Waals surface area contributed by atoms with Crippen LogP contribution in [-0.2, 0) is 14.5 Å². The summed E-state index contributed by atoms with van der Waals surface area (Å²) in [6.07, 6.45) is 7.41. The Morgan fingerprint density at radius 2 is 1.97 bits per heavy atom. The second-order valence-corrected chi connectivity index (χ2v) is 11.0. The number of amides is 1. The molecule has 0 aliphatic heterocycles. The van der Waals surface area contributed by atoms with E-state index in [9.17, 15) is 13.4 Å². The van der Waals surface area contributed by atoms with Crippen LogP contribution in [-0.4, -0.2) is 37.2 Å². The summed E-state index contributed by atoms with van der Waals surface area (Å²) in [5, 5.41) is 6.93. The van der Waals surface area contributed by atoms with Crippen molar-refractivity contribution in [2.45, 2.75) is 6.92 Å². The number of carbonyl (C=O) groups is 1. The van der Waals surface area contributed by atoms with Gasteiger partial charge in [-0.05, 0) is 55.0 Å². The summed E-state index contributed by atoms with van der Waals surface area (Å²) in [6, 6.07) is 9.75. The summed E-state index contributed by atoms with van der Waals surface area (Å²) >= 11 is 6.43. The van der Waals surface area contributed by atoms with Crippen LogP contribution < -0.4 is 10.6 Å². The highest BCUT2D eigenvalue weighted by Gasteiger charge is 2.14. The number of hydrogen-bond acceptors (Lipinski definition) is 6. The fourth-order valence-corrected chi connectivity index (χ4v) is 4.26. The lowest BCUT2D eigenvalue weighted by Crippen LogP contribution is -2.07. The molecular formula is C24H22ClFN6O2S. The average molecular weight is 513 g/mol. The van der Waals surface area contributed by atoms with Crippen LogP contribution in [0.15, 0.2) is 65.8 Å². The summed E-state index contributed by atoms with van der Waals surface area (Å²) in [4.78, 5) is 20.4. The lowest BCUT2D eigenvalue weighted by atomic mass is 10.2. The fourth-order valence-electron chi connectivity index (χ4n) is 3.45. The third-order valence-electron chi connectivity index (χ3n) is 4.93. The van der Waals surface area contributed by atoms with Crippen LogP contribution in [0.1, 0.15) is 5.56 Å². The molecule has 2 N–H and O–H groups in total. The molecule has 1 amide bonds. The maximum absolute atomic E-state index is 14.4. The molecule has 0 spiro atoms. The van der Waals surface area contributed by atoms with E-state index in [0.29, 0.717) is 22.2 Å². The maximum Gasteiger partial charge on any atom is 0.247 e. The SMILES string of the molecule is C=CC(=O)Nc1ccc2c(c1)c(C)cn2-c1nc(Nc2ccc(N=S(C)(C)=O)c(F)c2)ncc1Cl. The van der Waals surface area contributed by atoms with Gasteiger partial charge in [-0.15, -0.1) is 0 Å². The predicted octanol–water partition coefficient (Wildman–Crippen LogP) is 5.75. The van der Waals surface area contributed by atoms with E-state index in [1.165, 1.54) is 36.9 Å². The molecule has 0 radical (unpaired) electrons. The second kappa shape index (κ2) is 9.47. The van der Waals surface area contributed by atoms with Gasteiger partial charge in [0.1, 0.15) is 10.7 Å². The number of carbonyl (C=O) groups excluding carboxylic acids is 1. The van der Waals surface area contributed by atoms with Crippen LogP contribution in [0.5, 0.6) is 0 Å². The first-order valence-electron chi connectivity index (χ1n) is 10.4. The first kappa shape index (κ1) is 24.4. The van der Waals surface area contributed by atoms with Crippen molar-refractivity contribution in [2.24, 2.45) is 4.36 Å². The molecule has 4 aromatic rings. The molecule has 11 heteroatoms. The Kier molecular flexibility index (Phi) is 6.60. The first-order valence-corrected chi connectivity index (χ1v) is 13.1. The number of halogens is 2. The largest absolute Gasteiger partial charge is 0.324 e. The first-order chi connectivity index (χ1) is 16.5. The zero-order valence-electron chi connectivity index (χ0n) is 19.2. The molecule has 0 saturated carbocycles. The van der Waals surface area contributed by atoms with Crippen molar-refractivity contribution in [1.29, 1.82) is 0 Å². The van der Waals surface area contributed by atoms with Crippen molar-refractivity contribution in [3.8, 4) is 5.82 Å². The van der Waals surface area contributed by atoms with Crippen molar-refractivity contribution < 1.29 is 13.4 Å². The van der Waals surface area contributed by atoms with Gasteiger partial charge in [-0.25, -0.2) is 13.6 Å². The monoisotopic (exact) mass is 512 g/mol. The normalized spacial score (nSPS) is 11.3. The van der Waals surface area contributed by atoms with Gasteiger partial charge >= 0.3 is 0 Å². The van der Waals surface area contributed by atoms with E-state index in [0.717, 1.165) is 16.5 Å². The van der Waals surface area contributed by atoms with E-state index in [2.05, 4.69) is 31.5 Å². The highest BCUT2D eigenvalue weighted by atomic mass is 35.5. The van der Waals surface area contributed by atoms with Gasteiger partial charge in [0.05, 0.1) is 11.7 Å². The van der Waals surface area contributed by atoms with E-state index < -0.39 is 15.5 Å². The van der Waals surface area contributed by atoms with Crippen molar-refractivity contribution >= 4 is 61.2 Å². The zero-order valence-corrected chi connectivity index (χ0v) is 20.7. The summed E-state index contributed by atoms with van der Waals surface area (Å²) in [5.74, 6) is -0.286. The molecule has 0 aliphatic carbocycles. The molecule has 8 nitrogen and oxygen atoms in total. The molecule has 0 fully saturated rings. The van der Waals surface area contributed by atoms with Gasteiger partial charge in [0.25, 0.3) is 0 Å². The predicted molar refractivity (Wildman–Crippen MR) is 139 cm³/mol. The molecule has 0 atom stereocenters. The van der Waals surface area contributed by atoms with Crippen LogP contribution in [0.2, 0.25) is 5.02 Å². The van der Waals surface area contributed by atoms with E-state index in [1.54, 1.807) is 12.1 Å². The molecular weight excluding hydrogens is 491 g/mol. The number of anilines is 3. The molecule has 180 valence electrons. The number of aryl methyl sites for hydroxylation is 1. The van der Waals surface area contributed by atoms with Crippen LogP contribution in [0.3, 0.4) is 0 Å². The number of benzene rings is 2. The van der Waals surface area contributed by atoms with Crippen LogP contribution in [0.25, 0.3) is 16.7 Å². The van der Waals surface area contributed by atoms with E-state index in [-0.39, 0.29) is 17.5 Å². The second-order valence-electron chi connectivity index (χ2n) is 8.04. The minimum Gasteiger partial charge on any atom is -0.324 e. The Hall–Kier alpha value is -3.76. The number of nitrogens with one attached hydrogen (secondary N) is 2. The third-order valence-corrected chi connectivity index (χ3v) is 5.84. The molecule has 4 rings (SSSR count). The Balaban J connectivity index is 1.69. The number of aromatic nitrogens is 3. The topological polar surface area (TPSA) is 101 Å². The van der Waals surface area contributed by atoms with Gasteiger partial charge in [-0.1, -0.05) is 18.2 Å². The van der Waals surface area contributed by atoms with Crippen LogP contribution >= 0.6 is 11.6 Å². The summed E-state index contributed by atoms with van der Waals surface area (Å²) in [6.45, 7) is 5.40. The summed E-state index contributed by atoms with van der Waals surface area (Å²) in [7, 11) is -2.49. The molecule has 0 unspecified atom stereocenters. The molecule has 0 aliphatic rings. The molecule has 0 saturated heterocycles. The number of fused-ring (bicyclic) bond motifs is 1. The number of rotatable bonds is 6. The van der Waals surface area contributed by atoms with Gasteiger partial charge in [0, 0.05) is 45.2 Å². The van der Waals surface area contributed by atoms with E-state index in [4.69, 9.17) is 11.6 Å². The van der Waals surface area contributed by atoms with Gasteiger partial charge in [-0.2, -0.15) is 9.35 Å². The molecule has 2 heterocycles. The summed E-state index contributed by atoms with van der Waals surface area (Å²) < 4.78 is 32.0. The van der Waals surface area contributed by atoms with E-state index in [1.807, 2.05) is 29.8 Å². The highest BCUT2D eigenvalue weighted by molar-refractivity contribution is 7.92. The van der Waals surface area contributed by atoms with Crippen molar-refractivity contribution in [3.05, 3.63) is 77.9 Å². The van der Waals surface area contributed by atoms with Gasteiger partial charge in [-0.3, -0.25) is 9.36 Å². The smallest absolute Gasteiger partial charge is 0.247 e. The summed E-state index contributed by atoms with van der Waals surface area (Å²) in [5.41, 5.74) is 2.82. The molecule has 2 aromatic carbocycles. The standard InChI is InChI=1S/C24H22ClFN6O2S/c1-5-22(33)28-15-7-9-21-17(10-15)14(2)13-32(21)23-18(25)12-27-24(30-23)29-16-6-8-20(19(26)11-16)31-35(3,4)34/h5-13H,1H2,2-4H3,(H,28,33)(H,27,29,30). The van der Waals surface area contributed by atoms with Gasteiger partial charge < -0.3 is 10.6 Å². The zero-order chi connectivity index (χ0) is 25.3. The molecule has 0 bridgehead atoms. The Bertz CT molecular complexity index is 1600. The molecule has 35 heavy (non-hydrogen) atoms. The minimum absolute atomic E-state index is 0.0150. The Morgan fingerprint density at radius 3 is 2.66 bits per heavy atom. The maximum atomic E-state index is 14.4. The van der Waals surface area contributed by atoms with Crippen LogP contribution in [0, 0.1) is 12.7 Å². The molecule has 2 aromatic heterocycles. The number of hydrogen-bond donors (Lipinski definition) is 2. The Labute approximate surface area is 207 Å². The van der Waals surface area contributed by atoms with Crippen molar-refractivity contribution in [3.63, 3.8) is 0 Å². The Morgan fingerprint density at radius 1 is 1.23 bits per heavy atom.